The van der Waals surface area contributed by atoms with E-state index < -0.39 is 0 Å². The molecule has 2 N–H and O–H groups in total. The zero-order valence-corrected chi connectivity index (χ0v) is 9.67. The summed E-state index contributed by atoms with van der Waals surface area (Å²) in [6.45, 7) is 0.879. The average Bonchev–Trinajstić information content (AvgIpc) is 2.75. The van der Waals surface area contributed by atoms with Crippen molar-refractivity contribution >= 4 is 11.3 Å². The van der Waals surface area contributed by atoms with Gasteiger partial charge in [0.2, 0.25) is 5.56 Å². The number of H-pyrrole nitrogens is 1. The van der Waals surface area contributed by atoms with Crippen LogP contribution in [0.3, 0.4) is 0 Å². The molecule has 2 heterocycles. The smallest absolute Gasteiger partial charge is 0.248 e. The van der Waals surface area contributed by atoms with E-state index in [0.29, 0.717) is 0 Å². The zero-order chi connectivity index (χ0) is 11.4. The fourth-order valence-electron chi connectivity index (χ4n) is 1.28. The summed E-state index contributed by atoms with van der Waals surface area (Å²) in [5.41, 5.74) is 0.696. The highest BCUT2D eigenvalue weighted by Crippen LogP contribution is 2.21. The molecule has 0 aliphatic carbocycles. The highest BCUT2D eigenvalue weighted by atomic mass is 32.1. The number of pyridine rings is 1. The van der Waals surface area contributed by atoms with Gasteiger partial charge in [-0.1, -0.05) is 11.3 Å². The molecule has 0 atom stereocenters. The second-order valence-corrected chi connectivity index (χ2v) is 4.36. The van der Waals surface area contributed by atoms with Crippen LogP contribution in [0.1, 0.15) is 5.01 Å². The number of nitrogens with zero attached hydrogens (tertiary/aromatic N) is 2. The van der Waals surface area contributed by atoms with Crippen molar-refractivity contribution in [2.45, 2.75) is 6.42 Å². The van der Waals surface area contributed by atoms with Gasteiger partial charge in [-0.2, -0.15) is 0 Å². The molecule has 0 saturated heterocycles. The summed E-state index contributed by atoms with van der Waals surface area (Å²) in [5, 5.41) is 13.0. The van der Waals surface area contributed by atoms with E-state index in [0.717, 1.165) is 28.5 Å². The maximum Gasteiger partial charge on any atom is 0.248 e. The Morgan fingerprint density at radius 3 is 3.12 bits per heavy atom. The predicted molar refractivity (Wildman–Crippen MR) is 63.6 cm³/mol. The molecule has 0 saturated carbocycles. The van der Waals surface area contributed by atoms with Gasteiger partial charge < -0.3 is 10.3 Å². The van der Waals surface area contributed by atoms with Crippen LogP contribution in [-0.4, -0.2) is 28.8 Å². The third-order valence-corrected chi connectivity index (χ3v) is 3.11. The first-order valence-corrected chi connectivity index (χ1v) is 5.77. The number of aromatic amines is 1. The Labute approximate surface area is 96.6 Å². The van der Waals surface area contributed by atoms with Gasteiger partial charge in [0.05, 0.1) is 0 Å². The molecule has 0 unspecified atom stereocenters. The van der Waals surface area contributed by atoms with E-state index in [1.54, 1.807) is 6.20 Å². The van der Waals surface area contributed by atoms with Crippen LogP contribution in [0.15, 0.2) is 23.1 Å². The summed E-state index contributed by atoms with van der Waals surface area (Å²) in [7, 11) is 1.90. The Bertz CT molecular complexity index is 519. The van der Waals surface area contributed by atoms with Gasteiger partial charge in [-0.05, 0) is 13.1 Å². The maximum atomic E-state index is 11.1. The van der Waals surface area contributed by atoms with Crippen LogP contribution in [0, 0.1) is 0 Å². The topological polar surface area (TPSA) is 70.7 Å². The first-order chi connectivity index (χ1) is 7.79. The van der Waals surface area contributed by atoms with Crippen LogP contribution in [0.2, 0.25) is 0 Å². The van der Waals surface area contributed by atoms with Gasteiger partial charge in [-0.25, -0.2) is 0 Å². The van der Waals surface area contributed by atoms with Gasteiger partial charge in [0, 0.05) is 30.8 Å². The molecule has 0 radical (unpaired) electrons. The van der Waals surface area contributed by atoms with Crippen molar-refractivity contribution in [3.05, 3.63) is 33.7 Å². The first-order valence-electron chi connectivity index (χ1n) is 4.95. The molecular weight excluding hydrogens is 224 g/mol. The van der Waals surface area contributed by atoms with E-state index in [2.05, 4.69) is 20.5 Å². The number of likely N-dealkylation sites (N-methyl/N-ethyl adjacent to an activating group) is 1. The largest absolute Gasteiger partial charge is 0.329 e. The van der Waals surface area contributed by atoms with E-state index in [-0.39, 0.29) is 5.56 Å². The van der Waals surface area contributed by atoms with Crippen molar-refractivity contribution in [2.75, 3.05) is 13.6 Å². The van der Waals surface area contributed by atoms with Gasteiger partial charge in [0.1, 0.15) is 10.0 Å². The molecule has 0 fully saturated rings. The summed E-state index contributed by atoms with van der Waals surface area (Å²) in [5.74, 6) is 0. The highest BCUT2D eigenvalue weighted by molar-refractivity contribution is 7.14. The van der Waals surface area contributed by atoms with Gasteiger partial charge in [-0.15, -0.1) is 10.2 Å². The van der Waals surface area contributed by atoms with Gasteiger partial charge >= 0.3 is 0 Å². The lowest BCUT2D eigenvalue weighted by Gasteiger charge is -1.93. The second kappa shape index (κ2) is 5.00. The Kier molecular flexibility index (Phi) is 3.43. The number of rotatable bonds is 4. The van der Waals surface area contributed by atoms with E-state index in [9.17, 15) is 4.79 Å². The van der Waals surface area contributed by atoms with Crippen molar-refractivity contribution in [3.63, 3.8) is 0 Å². The van der Waals surface area contributed by atoms with Crippen LogP contribution < -0.4 is 10.9 Å². The summed E-state index contributed by atoms with van der Waals surface area (Å²) in [6, 6.07) is 3.35. The quantitative estimate of drug-likeness (QED) is 0.818. The molecule has 2 aromatic rings. The number of nitrogens with one attached hydrogen (secondary N) is 2. The van der Waals surface area contributed by atoms with E-state index in [4.69, 9.17) is 0 Å². The van der Waals surface area contributed by atoms with E-state index >= 15 is 0 Å². The van der Waals surface area contributed by atoms with Crippen LogP contribution >= 0.6 is 11.3 Å². The molecule has 0 bridgehead atoms. The van der Waals surface area contributed by atoms with Crippen molar-refractivity contribution in [1.29, 1.82) is 0 Å². The molecule has 0 aliphatic heterocycles. The molecule has 5 nitrogen and oxygen atoms in total. The summed E-state index contributed by atoms with van der Waals surface area (Å²) >= 11 is 1.52. The summed E-state index contributed by atoms with van der Waals surface area (Å²) < 4.78 is 0. The number of hydrogen-bond acceptors (Lipinski definition) is 5. The molecule has 16 heavy (non-hydrogen) atoms. The minimum atomic E-state index is -0.121. The average molecular weight is 236 g/mol. The van der Waals surface area contributed by atoms with Gasteiger partial charge in [0.25, 0.3) is 0 Å². The maximum absolute atomic E-state index is 11.1. The monoisotopic (exact) mass is 236 g/mol. The molecule has 2 aromatic heterocycles. The normalized spacial score (nSPS) is 10.6. The van der Waals surface area contributed by atoms with E-state index in [1.165, 1.54) is 17.4 Å². The SMILES string of the molecule is CNCCc1nnc(-c2cc[nH]c(=O)c2)s1. The lowest BCUT2D eigenvalue weighted by atomic mass is 10.3. The fourth-order valence-corrected chi connectivity index (χ4v) is 2.12. The summed E-state index contributed by atoms with van der Waals surface area (Å²) in [4.78, 5) is 13.7. The van der Waals surface area contributed by atoms with Gasteiger partial charge in [0.15, 0.2) is 0 Å². The molecule has 0 spiro atoms. The molecular formula is C10H12N4OS. The minimum Gasteiger partial charge on any atom is -0.329 e. The Morgan fingerprint density at radius 2 is 2.38 bits per heavy atom. The Hall–Kier alpha value is -1.53. The Balaban J connectivity index is 2.21. The lowest BCUT2D eigenvalue weighted by Crippen LogP contribution is -2.09. The lowest BCUT2D eigenvalue weighted by molar-refractivity contribution is 0.779. The standard InChI is InChI=1S/C10H12N4OS/c1-11-4-3-9-13-14-10(16-9)7-2-5-12-8(15)6-7/h2,5-6,11H,3-4H2,1H3,(H,12,15). The molecule has 0 aliphatic rings. The highest BCUT2D eigenvalue weighted by Gasteiger charge is 2.06. The molecule has 0 aromatic carbocycles. The predicted octanol–water partition coefficient (Wildman–Crippen LogP) is 0.655. The van der Waals surface area contributed by atoms with Crippen molar-refractivity contribution < 1.29 is 0 Å². The van der Waals surface area contributed by atoms with Crippen molar-refractivity contribution in [1.82, 2.24) is 20.5 Å². The number of aromatic nitrogens is 3. The minimum absolute atomic E-state index is 0.121. The molecule has 0 amide bonds. The number of hydrogen-bond donors (Lipinski definition) is 2. The Morgan fingerprint density at radius 1 is 1.50 bits per heavy atom. The molecule has 6 heteroatoms. The second-order valence-electron chi connectivity index (χ2n) is 3.30. The van der Waals surface area contributed by atoms with Crippen LogP contribution in [0.25, 0.3) is 10.6 Å². The van der Waals surface area contributed by atoms with Crippen LogP contribution in [0.5, 0.6) is 0 Å². The van der Waals surface area contributed by atoms with Crippen molar-refractivity contribution in [3.8, 4) is 10.6 Å². The fraction of sp³-hybridized carbons (Fsp3) is 0.300. The molecule has 2 rings (SSSR count). The van der Waals surface area contributed by atoms with Crippen LogP contribution in [0.4, 0.5) is 0 Å². The summed E-state index contributed by atoms with van der Waals surface area (Å²) in [6.07, 6.45) is 2.48. The van der Waals surface area contributed by atoms with Crippen molar-refractivity contribution in [2.24, 2.45) is 0 Å². The third kappa shape index (κ3) is 2.53. The van der Waals surface area contributed by atoms with Gasteiger partial charge in [-0.3, -0.25) is 4.79 Å². The first kappa shape index (κ1) is 11.0. The third-order valence-electron chi connectivity index (χ3n) is 2.08. The molecule has 84 valence electrons. The zero-order valence-electron chi connectivity index (χ0n) is 8.86. The van der Waals surface area contributed by atoms with Crippen LogP contribution in [-0.2, 0) is 6.42 Å². The van der Waals surface area contributed by atoms with E-state index in [1.807, 2.05) is 13.1 Å².